The molecular weight excluding hydrogens is 517 g/mol. The number of anilines is 2. The van der Waals surface area contributed by atoms with Crippen molar-refractivity contribution in [1.82, 2.24) is 4.31 Å². The molecule has 2 rings (SSSR count). The molecule has 0 bridgehead atoms. The Hall–Kier alpha value is -1.50. The second kappa shape index (κ2) is 8.25. The lowest BCUT2D eigenvalue weighted by molar-refractivity contribution is 0.0601. The van der Waals surface area contributed by atoms with E-state index >= 15 is 0 Å². The van der Waals surface area contributed by atoms with E-state index in [0.717, 1.165) is 30.8 Å². The van der Waals surface area contributed by atoms with Crippen LogP contribution in [0.25, 0.3) is 0 Å². The van der Waals surface area contributed by atoms with E-state index < -0.39 is 43.8 Å². The highest BCUT2D eigenvalue weighted by Crippen LogP contribution is 2.34. The van der Waals surface area contributed by atoms with Gasteiger partial charge in [-0.15, -0.1) is 0 Å². The summed E-state index contributed by atoms with van der Waals surface area (Å²) in [6.07, 6.45) is 0. The summed E-state index contributed by atoms with van der Waals surface area (Å²) >= 11 is 8.10. The van der Waals surface area contributed by atoms with Crippen molar-refractivity contribution in [3.63, 3.8) is 0 Å². The van der Waals surface area contributed by atoms with Gasteiger partial charge in [-0.1, -0.05) is 11.6 Å². The molecule has 0 heterocycles. The highest BCUT2D eigenvalue weighted by atomic mass is 127. The number of hydrogen-bond acceptors (Lipinski definition) is 5. The molecular formula is C16H14ClF2IN2O4S. The van der Waals surface area contributed by atoms with Gasteiger partial charge in [0.25, 0.3) is 0 Å². The fourth-order valence-electron chi connectivity index (χ4n) is 2.11. The van der Waals surface area contributed by atoms with Gasteiger partial charge in [0.05, 0.1) is 29.1 Å². The van der Waals surface area contributed by atoms with Crippen LogP contribution in [0.15, 0.2) is 29.2 Å². The fraction of sp³-hybridized carbons (Fsp3) is 0.188. The maximum Gasteiger partial charge on any atom is 0.340 e. The van der Waals surface area contributed by atoms with Gasteiger partial charge in [-0.25, -0.2) is 26.3 Å². The van der Waals surface area contributed by atoms with Gasteiger partial charge in [0.15, 0.2) is 11.6 Å². The van der Waals surface area contributed by atoms with Gasteiger partial charge < -0.3 is 10.1 Å². The van der Waals surface area contributed by atoms with E-state index in [1.807, 2.05) is 22.6 Å². The third-order valence-corrected chi connectivity index (χ3v) is 6.33. The molecule has 0 fully saturated rings. The monoisotopic (exact) mass is 530 g/mol. The molecule has 11 heteroatoms. The van der Waals surface area contributed by atoms with Gasteiger partial charge in [0, 0.05) is 17.7 Å². The number of nitrogens with one attached hydrogen (secondary N) is 1. The van der Waals surface area contributed by atoms with Crippen molar-refractivity contribution in [1.29, 1.82) is 0 Å². The van der Waals surface area contributed by atoms with Crippen molar-refractivity contribution < 1.29 is 26.7 Å². The molecule has 2 aromatic carbocycles. The second-order valence-electron chi connectivity index (χ2n) is 5.45. The summed E-state index contributed by atoms with van der Waals surface area (Å²) in [4.78, 5) is 11.1. The first-order valence-electron chi connectivity index (χ1n) is 7.25. The first-order chi connectivity index (χ1) is 12.5. The van der Waals surface area contributed by atoms with Gasteiger partial charge >= 0.3 is 5.97 Å². The number of carbonyl (C=O) groups is 1. The molecule has 146 valence electrons. The molecule has 0 saturated heterocycles. The molecule has 0 amide bonds. The number of esters is 1. The third kappa shape index (κ3) is 4.33. The smallest absolute Gasteiger partial charge is 0.340 e. The Morgan fingerprint density at radius 2 is 1.85 bits per heavy atom. The standard InChI is InChI=1S/C16H14ClF2IN2O4S/c1-22(2)27(24,25)12-7-9(16(23)26-3)15(14(19)13(12)18)21-11-5-4-8(20)6-10(11)17/h4-7,21H,1-3H3. The lowest BCUT2D eigenvalue weighted by Crippen LogP contribution is -2.24. The van der Waals surface area contributed by atoms with Crippen LogP contribution in [0.5, 0.6) is 0 Å². The molecule has 1 N–H and O–H groups in total. The molecule has 0 aliphatic heterocycles. The zero-order valence-electron chi connectivity index (χ0n) is 14.3. The minimum atomic E-state index is -4.34. The number of ether oxygens (including phenoxy) is 1. The Kier molecular flexibility index (Phi) is 6.66. The highest BCUT2D eigenvalue weighted by molar-refractivity contribution is 14.1. The van der Waals surface area contributed by atoms with Crippen LogP contribution in [-0.2, 0) is 14.8 Å². The van der Waals surface area contributed by atoms with E-state index in [-0.39, 0.29) is 10.7 Å². The number of nitrogens with zero attached hydrogens (tertiary/aromatic N) is 1. The zero-order valence-corrected chi connectivity index (χ0v) is 18.0. The van der Waals surface area contributed by atoms with Crippen LogP contribution >= 0.6 is 34.2 Å². The molecule has 0 saturated carbocycles. The minimum absolute atomic E-state index is 0.197. The summed E-state index contributed by atoms with van der Waals surface area (Å²) in [5.41, 5.74) is -0.879. The summed E-state index contributed by atoms with van der Waals surface area (Å²) in [5.74, 6) is -4.22. The first-order valence-corrected chi connectivity index (χ1v) is 10.1. The van der Waals surface area contributed by atoms with E-state index in [9.17, 15) is 22.0 Å². The quantitative estimate of drug-likeness (QED) is 0.467. The fourth-order valence-corrected chi connectivity index (χ4v) is 3.99. The van der Waals surface area contributed by atoms with Crippen LogP contribution in [0.2, 0.25) is 5.02 Å². The number of rotatable bonds is 5. The van der Waals surface area contributed by atoms with E-state index in [4.69, 9.17) is 11.6 Å². The summed E-state index contributed by atoms with van der Waals surface area (Å²) < 4.78 is 59.9. The normalized spacial score (nSPS) is 11.6. The average Bonchev–Trinajstić information content (AvgIpc) is 2.60. The van der Waals surface area contributed by atoms with Gasteiger partial charge in [-0.2, -0.15) is 0 Å². The third-order valence-electron chi connectivity index (χ3n) is 3.53. The SMILES string of the molecule is COC(=O)c1cc(S(=O)(=O)N(C)C)c(F)c(F)c1Nc1ccc(I)cc1Cl. The predicted octanol–water partition coefficient (Wildman–Crippen LogP) is 4.00. The topological polar surface area (TPSA) is 75.7 Å². The van der Waals surface area contributed by atoms with Crippen molar-refractivity contribution in [2.45, 2.75) is 4.90 Å². The van der Waals surface area contributed by atoms with Crippen LogP contribution in [0, 0.1) is 15.2 Å². The molecule has 0 atom stereocenters. The summed E-state index contributed by atoms with van der Waals surface area (Å²) in [6, 6.07) is 5.46. The lowest BCUT2D eigenvalue weighted by atomic mass is 10.1. The van der Waals surface area contributed by atoms with Gasteiger partial charge in [-0.05, 0) is 46.9 Å². The molecule has 0 aliphatic carbocycles. The number of sulfonamides is 1. The number of hydrogen-bond donors (Lipinski definition) is 1. The number of halogens is 4. The number of carbonyl (C=O) groups excluding carboxylic acids is 1. The molecule has 0 aliphatic rings. The molecule has 6 nitrogen and oxygen atoms in total. The van der Waals surface area contributed by atoms with Crippen LogP contribution in [0.4, 0.5) is 20.2 Å². The molecule has 0 spiro atoms. The Balaban J connectivity index is 2.74. The maximum atomic E-state index is 14.7. The first kappa shape index (κ1) is 21.8. The van der Waals surface area contributed by atoms with Crippen molar-refractivity contribution in [2.24, 2.45) is 0 Å². The van der Waals surface area contributed by atoms with Crippen LogP contribution in [0.1, 0.15) is 10.4 Å². The molecule has 0 radical (unpaired) electrons. The Labute approximate surface area is 173 Å². The number of benzene rings is 2. The predicted molar refractivity (Wildman–Crippen MR) is 106 cm³/mol. The van der Waals surface area contributed by atoms with Crippen LogP contribution in [0.3, 0.4) is 0 Å². The van der Waals surface area contributed by atoms with Crippen molar-refractivity contribution >= 4 is 61.6 Å². The number of methoxy groups -OCH3 is 1. The largest absolute Gasteiger partial charge is 0.465 e. The highest BCUT2D eigenvalue weighted by Gasteiger charge is 2.30. The molecule has 2 aromatic rings. The average molecular weight is 531 g/mol. The minimum Gasteiger partial charge on any atom is -0.465 e. The van der Waals surface area contributed by atoms with Gasteiger partial charge in [-0.3, -0.25) is 0 Å². The second-order valence-corrected chi connectivity index (χ2v) is 9.23. The van der Waals surface area contributed by atoms with E-state index in [1.165, 1.54) is 6.07 Å². The summed E-state index contributed by atoms with van der Waals surface area (Å²) in [7, 11) is -0.999. The Morgan fingerprint density at radius 1 is 1.22 bits per heavy atom. The Bertz CT molecular complexity index is 1020. The zero-order chi connectivity index (χ0) is 20.5. The maximum absolute atomic E-state index is 14.7. The van der Waals surface area contributed by atoms with E-state index in [1.54, 1.807) is 12.1 Å². The molecule has 27 heavy (non-hydrogen) atoms. The van der Waals surface area contributed by atoms with Crippen molar-refractivity contribution in [3.8, 4) is 0 Å². The summed E-state index contributed by atoms with van der Waals surface area (Å²) in [5, 5.41) is 2.74. The van der Waals surface area contributed by atoms with E-state index in [2.05, 4.69) is 10.1 Å². The van der Waals surface area contributed by atoms with Crippen LogP contribution in [-0.4, -0.2) is 39.9 Å². The van der Waals surface area contributed by atoms with Crippen LogP contribution < -0.4 is 5.32 Å². The van der Waals surface area contributed by atoms with E-state index in [0.29, 0.717) is 4.31 Å². The molecule has 0 unspecified atom stereocenters. The summed E-state index contributed by atoms with van der Waals surface area (Å²) in [6.45, 7) is 0. The lowest BCUT2D eigenvalue weighted by Gasteiger charge is -2.18. The Morgan fingerprint density at radius 3 is 2.37 bits per heavy atom. The van der Waals surface area contributed by atoms with Crippen molar-refractivity contribution in [2.75, 3.05) is 26.5 Å². The van der Waals surface area contributed by atoms with Gasteiger partial charge in [0.1, 0.15) is 4.90 Å². The van der Waals surface area contributed by atoms with Crippen molar-refractivity contribution in [3.05, 3.63) is 50.1 Å². The van der Waals surface area contributed by atoms with Gasteiger partial charge in [0.2, 0.25) is 10.0 Å². The molecule has 0 aromatic heterocycles.